The monoisotopic (exact) mass is 470 g/mol. The summed E-state index contributed by atoms with van der Waals surface area (Å²) < 4.78 is 25.2. The van der Waals surface area contributed by atoms with E-state index in [-0.39, 0.29) is 6.42 Å². The Morgan fingerprint density at radius 2 is 1.45 bits per heavy atom. The van der Waals surface area contributed by atoms with Crippen LogP contribution in [0, 0.1) is 71.5 Å². The number of phosphoric ester groups is 1. The van der Waals surface area contributed by atoms with Gasteiger partial charge in [-0.3, -0.25) is 9.32 Å². The molecule has 33 heavy (non-hydrogen) atoms. The number of phosphoric acid groups is 1. The van der Waals surface area contributed by atoms with Crippen LogP contribution in [0.2, 0.25) is 0 Å². The number of hydrogen-bond acceptors (Lipinski definition) is 6. The second-order valence-electron chi connectivity index (χ2n) is 6.06. The summed E-state index contributed by atoms with van der Waals surface area (Å²) in [5.41, 5.74) is 0. The molecule has 0 unspecified atom stereocenters. The molecule has 0 saturated heterocycles. The summed E-state index contributed by atoms with van der Waals surface area (Å²) in [5.74, 6) is 23.5. The minimum atomic E-state index is -4.80. The number of hydrogen-bond donors (Lipinski definition) is 2. The summed E-state index contributed by atoms with van der Waals surface area (Å²) in [6, 6.07) is 0. The third kappa shape index (κ3) is 21.4. The van der Waals surface area contributed by atoms with Gasteiger partial charge in [-0.15, -0.1) is 6.42 Å². The maximum absolute atomic E-state index is 11.9. The fourth-order valence-electron chi connectivity index (χ4n) is 1.96. The van der Waals surface area contributed by atoms with Crippen molar-refractivity contribution in [1.29, 1.82) is 0 Å². The second-order valence-corrected chi connectivity index (χ2v) is 7.29. The van der Waals surface area contributed by atoms with Crippen LogP contribution in [0.15, 0.2) is 0 Å². The second kappa shape index (κ2) is 19.1. The van der Waals surface area contributed by atoms with E-state index in [1.165, 1.54) is 0 Å². The van der Waals surface area contributed by atoms with Crippen LogP contribution in [-0.2, 0) is 28.2 Å². The van der Waals surface area contributed by atoms with Gasteiger partial charge < -0.3 is 19.3 Å². The van der Waals surface area contributed by atoms with Crippen molar-refractivity contribution >= 4 is 19.8 Å². The van der Waals surface area contributed by atoms with Crippen molar-refractivity contribution in [3.8, 4) is 71.5 Å². The molecular formula is C24H23O8P. The third-order valence-electron chi connectivity index (χ3n) is 3.35. The van der Waals surface area contributed by atoms with Gasteiger partial charge in [0.2, 0.25) is 0 Å². The van der Waals surface area contributed by atoms with Crippen molar-refractivity contribution in [2.75, 3.05) is 13.2 Å². The highest BCUT2D eigenvalue weighted by Crippen LogP contribution is 2.35. The average molecular weight is 470 g/mol. The quantitative estimate of drug-likeness (QED) is 0.145. The van der Waals surface area contributed by atoms with Crippen molar-refractivity contribution < 1.29 is 37.9 Å². The molecule has 0 radical (unpaired) electrons. The number of ether oxygens (including phenoxy) is 2. The van der Waals surface area contributed by atoms with Crippen LogP contribution in [0.4, 0.5) is 0 Å². The first-order valence-corrected chi connectivity index (χ1v) is 11.3. The van der Waals surface area contributed by atoms with Gasteiger partial charge in [0, 0.05) is 12.3 Å². The van der Waals surface area contributed by atoms with Gasteiger partial charge in [-0.25, -0.2) is 9.36 Å². The lowest BCUT2D eigenvalue weighted by Crippen LogP contribution is -2.29. The molecule has 0 rings (SSSR count). The fraction of sp³-hybridized carbons (Fsp3) is 0.417. The molecule has 0 aromatic carbocycles. The van der Waals surface area contributed by atoms with Crippen LogP contribution < -0.4 is 0 Å². The predicted octanol–water partition coefficient (Wildman–Crippen LogP) is 1.56. The molecule has 2 N–H and O–H groups in total. The lowest BCUT2D eigenvalue weighted by molar-refractivity contribution is -0.158. The summed E-state index contributed by atoms with van der Waals surface area (Å²) >= 11 is 0. The third-order valence-corrected chi connectivity index (χ3v) is 3.83. The highest BCUT2D eigenvalue weighted by atomic mass is 31.2. The molecule has 8 nitrogen and oxygen atoms in total. The molecule has 0 amide bonds. The molecule has 0 heterocycles. The zero-order chi connectivity index (χ0) is 24.8. The minimum Gasteiger partial charge on any atom is -0.456 e. The zero-order valence-corrected chi connectivity index (χ0v) is 19.0. The van der Waals surface area contributed by atoms with Crippen LogP contribution in [0.5, 0.6) is 0 Å². The van der Waals surface area contributed by atoms with E-state index in [1.807, 2.05) is 0 Å². The number of terminal acetylenes is 1. The van der Waals surface area contributed by atoms with Gasteiger partial charge in [-0.2, -0.15) is 0 Å². The highest BCUT2D eigenvalue weighted by molar-refractivity contribution is 7.46. The van der Waals surface area contributed by atoms with E-state index in [1.54, 1.807) is 0 Å². The zero-order valence-electron chi connectivity index (χ0n) is 18.1. The van der Waals surface area contributed by atoms with Crippen molar-refractivity contribution in [3.63, 3.8) is 0 Å². The first kappa shape index (κ1) is 29.4. The Morgan fingerprint density at radius 3 is 2.03 bits per heavy atom. The fourth-order valence-corrected chi connectivity index (χ4v) is 2.32. The molecule has 1 atom stereocenters. The summed E-state index contributed by atoms with van der Waals surface area (Å²) in [7, 11) is -4.80. The molecule has 0 aliphatic rings. The first-order valence-electron chi connectivity index (χ1n) is 9.81. The normalized spacial score (nSPS) is 9.76. The Kier molecular flexibility index (Phi) is 17.0. The number of esters is 2. The Bertz CT molecular complexity index is 1050. The van der Waals surface area contributed by atoms with Gasteiger partial charge in [-0.1, -0.05) is 32.6 Å². The van der Waals surface area contributed by atoms with Gasteiger partial charge >= 0.3 is 19.8 Å². The highest BCUT2D eigenvalue weighted by Gasteiger charge is 2.22. The van der Waals surface area contributed by atoms with Gasteiger partial charge in [0.15, 0.2) is 6.10 Å². The van der Waals surface area contributed by atoms with Crippen molar-refractivity contribution in [1.82, 2.24) is 0 Å². The number of rotatable bonds is 12. The lowest BCUT2D eigenvalue weighted by Gasteiger charge is -2.17. The number of carbonyl (C=O) groups excluding carboxylic acids is 2. The standard InChI is InChI=1S/C24H23O8P/c1-3-5-7-9-10-11-12-13-15-16-18-23(25)30-20-22(21-31-33(27,28)29)32-24(26)19-17-14-8-6-4-2/h1,22H,4,6,8,14,17,19-21H2,2H3,(H2,27,28,29)/t22-/m1/s1. The van der Waals surface area contributed by atoms with E-state index in [4.69, 9.17) is 25.7 Å². The lowest BCUT2D eigenvalue weighted by atomic mass is 10.1. The number of unbranched alkanes of at least 4 members (excludes halogenated alkanes) is 4. The molecule has 9 heteroatoms. The Morgan fingerprint density at radius 1 is 0.879 bits per heavy atom. The summed E-state index contributed by atoms with van der Waals surface area (Å²) in [6.45, 7) is 0.911. The Hall–Kier alpha value is -3.59. The van der Waals surface area contributed by atoms with Gasteiger partial charge in [0.05, 0.1) is 6.61 Å². The van der Waals surface area contributed by atoms with Crippen molar-refractivity contribution in [2.45, 2.75) is 51.6 Å². The van der Waals surface area contributed by atoms with Gasteiger partial charge in [-0.05, 0) is 65.6 Å². The summed E-state index contributed by atoms with van der Waals surface area (Å²) in [6.07, 6.45) is 8.42. The molecule has 0 aromatic heterocycles. The van der Waals surface area contributed by atoms with Crippen LogP contribution >= 0.6 is 7.82 Å². The van der Waals surface area contributed by atoms with Gasteiger partial charge in [0.1, 0.15) is 6.61 Å². The minimum absolute atomic E-state index is 0.126. The van der Waals surface area contributed by atoms with Crippen LogP contribution in [0.25, 0.3) is 0 Å². The van der Waals surface area contributed by atoms with Crippen LogP contribution in [0.3, 0.4) is 0 Å². The molecular weight excluding hydrogens is 447 g/mol. The SMILES string of the molecule is C#CC#CC#CC#CC#CC#CC(=O)OC[C@H](COP(=O)(O)O)OC(=O)CCCCCCC. The summed E-state index contributed by atoms with van der Waals surface area (Å²) in [4.78, 5) is 41.2. The largest absolute Gasteiger partial charge is 0.469 e. The maximum Gasteiger partial charge on any atom is 0.469 e. The van der Waals surface area contributed by atoms with Crippen LogP contribution in [-0.4, -0.2) is 41.0 Å². The topological polar surface area (TPSA) is 119 Å². The molecule has 172 valence electrons. The van der Waals surface area contributed by atoms with E-state index in [0.717, 1.165) is 25.7 Å². The van der Waals surface area contributed by atoms with Gasteiger partial charge in [0.25, 0.3) is 0 Å². The predicted molar refractivity (Wildman–Crippen MR) is 120 cm³/mol. The van der Waals surface area contributed by atoms with Crippen molar-refractivity contribution in [3.05, 3.63) is 0 Å². The first-order chi connectivity index (χ1) is 15.8. The Labute approximate surface area is 194 Å². The average Bonchev–Trinajstić information content (AvgIpc) is 2.76. The van der Waals surface area contributed by atoms with E-state index < -0.39 is 39.1 Å². The summed E-state index contributed by atoms with van der Waals surface area (Å²) in [5, 5.41) is 0. The number of carbonyl (C=O) groups is 2. The van der Waals surface area contributed by atoms with E-state index in [2.05, 4.69) is 76.6 Å². The molecule has 0 aliphatic carbocycles. The van der Waals surface area contributed by atoms with Crippen LogP contribution in [0.1, 0.15) is 45.4 Å². The molecule has 0 spiro atoms. The molecule has 0 aromatic rings. The Balaban J connectivity index is 4.67. The molecule has 0 bridgehead atoms. The van der Waals surface area contributed by atoms with E-state index in [0.29, 0.717) is 6.42 Å². The van der Waals surface area contributed by atoms with E-state index in [9.17, 15) is 14.2 Å². The molecule has 0 fully saturated rings. The smallest absolute Gasteiger partial charge is 0.456 e. The molecule has 0 saturated carbocycles. The molecule has 0 aliphatic heterocycles. The van der Waals surface area contributed by atoms with Crippen molar-refractivity contribution in [2.24, 2.45) is 0 Å². The van der Waals surface area contributed by atoms with E-state index >= 15 is 0 Å². The maximum atomic E-state index is 11.9.